The number of hydrogen-bond acceptors (Lipinski definition) is 4. The number of halogens is 2. The second kappa shape index (κ2) is 5.38. The normalized spacial score (nSPS) is 14.8. The summed E-state index contributed by atoms with van der Waals surface area (Å²) in [6.45, 7) is 4.75. The second-order valence-electron chi connectivity index (χ2n) is 4.62. The summed E-state index contributed by atoms with van der Waals surface area (Å²) in [4.78, 5) is 0. The van der Waals surface area contributed by atoms with Crippen molar-refractivity contribution < 1.29 is 17.9 Å². The molecule has 0 amide bonds. The SMILES string of the molecule is CC(C)c1c(CS(=O)(=O)Cl)cc(Cl)c2c1OCCO2. The number of rotatable bonds is 3. The number of fused-ring (bicyclic) bond motifs is 1. The highest BCUT2D eigenvalue weighted by Crippen LogP contribution is 2.45. The van der Waals surface area contributed by atoms with Crippen LogP contribution in [0.3, 0.4) is 0 Å². The molecule has 0 atom stereocenters. The maximum absolute atomic E-state index is 11.3. The van der Waals surface area contributed by atoms with Crippen LogP contribution in [0.5, 0.6) is 11.5 Å². The summed E-state index contributed by atoms with van der Waals surface area (Å²) < 4.78 is 33.7. The molecule has 0 saturated carbocycles. The Bertz CT molecular complexity index is 596. The van der Waals surface area contributed by atoms with Crippen LogP contribution in [0.25, 0.3) is 0 Å². The lowest BCUT2D eigenvalue weighted by Crippen LogP contribution is -2.18. The zero-order chi connectivity index (χ0) is 14.2. The van der Waals surface area contributed by atoms with Crippen LogP contribution in [0.4, 0.5) is 0 Å². The molecule has 19 heavy (non-hydrogen) atoms. The van der Waals surface area contributed by atoms with E-state index in [0.29, 0.717) is 35.3 Å². The van der Waals surface area contributed by atoms with Crippen LogP contribution in [-0.4, -0.2) is 21.6 Å². The summed E-state index contributed by atoms with van der Waals surface area (Å²) in [5.41, 5.74) is 1.34. The number of benzene rings is 1. The molecule has 1 heterocycles. The van der Waals surface area contributed by atoms with E-state index < -0.39 is 9.05 Å². The minimum Gasteiger partial charge on any atom is -0.486 e. The van der Waals surface area contributed by atoms with Crippen molar-refractivity contribution in [3.63, 3.8) is 0 Å². The van der Waals surface area contributed by atoms with Crippen LogP contribution >= 0.6 is 22.3 Å². The first-order chi connectivity index (χ1) is 8.79. The first-order valence-electron chi connectivity index (χ1n) is 5.83. The van der Waals surface area contributed by atoms with E-state index in [-0.39, 0.29) is 11.7 Å². The van der Waals surface area contributed by atoms with E-state index >= 15 is 0 Å². The number of hydrogen-bond donors (Lipinski definition) is 0. The van der Waals surface area contributed by atoms with E-state index in [1.165, 1.54) is 0 Å². The van der Waals surface area contributed by atoms with Gasteiger partial charge in [-0.1, -0.05) is 25.4 Å². The Kier molecular flexibility index (Phi) is 4.18. The smallest absolute Gasteiger partial charge is 0.236 e. The lowest BCUT2D eigenvalue weighted by molar-refractivity contribution is 0.169. The van der Waals surface area contributed by atoms with Gasteiger partial charge in [0.25, 0.3) is 0 Å². The Balaban J connectivity index is 2.63. The summed E-state index contributed by atoms with van der Waals surface area (Å²) in [5, 5.41) is 0.342. The topological polar surface area (TPSA) is 52.6 Å². The van der Waals surface area contributed by atoms with Gasteiger partial charge in [0, 0.05) is 16.2 Å². The van der Waals surface area contributed by atoms with Gasteiger partial charge in [-0.2, -0.15) is 0 Å². The van der Waals surface area contributed by atoms with Gasteiger partial charge in [0.15, 0.2) is 11.5 Å². The van der Waals surface area contributed by atoms with Gasteiger partial charge in [-0.15, -0.1) is 0 Å². The molecule has 0 spiro atoms. The maximum Gasteiger partial charge on any atom is 0.236 e. The fraction of sp³-hybridized carbons (Fsp3) is 0.500. The molecule has 0 saturated heterocycles. The molecule has 2 rings (SSSR count). The van der Waals surface area contributed by atoms with E-state index in [2.05, 4.69) is 0 Å². The van der Waals surface area contributed by atoms with Crippen molar-refractivity contribution in [3.05, 3.63) is 22.2 Å². The van der Waals surface area contributed by atoms with Gasteiger partial charge in [0.2, 0.25) is 9.05 Å². The summed E-state index contributed by atoms with van der Waals surface area (Å²) >= 11 is 6.11. The third-order valence-electron chi connectivity index (χ3n) is 2.80. The van der Waals surface area contributed by atoms with Gasteiger partial charge in [-0.3, -0.25) is 0 Å². The third kappa shape index (κ3) is 3.27. The highest BCUT2D eigenvalue weighted by molar-refractivity contribution is 8.13. The molecule has 1 aliphatic heterocycles. The quantitative estimate of drug-likeness (QED) is 0.800. The van der Waals surface area contributed by atoms with Gasteiger partial charge >= 0.3 is 0 Å². The van der Waals surface area contributed by atoms with E-state index in [4.69, 9.17) is 31.8 Å². The van der Waals surface area contributed by atoms with Gasteiger partial charge in [-0.05, 0) is 17.5 Å². The van der Waals surface area contributed by atoms with Gasteiger partial charge < -0.3 is 9.47 Å². The predicted octanol–water partition coefficient (Wildman–Crippen LogP) is 3.30. The Hall–Kier alpha value is -0.650. The van der Waals surface area contributed by atoms with Crippen LogP contribution < -0.4 is 9.47 Å². The van der Waals surface area contributed by atoms with Crippen molar-refractivity contribution in [2.45, 2.75) is 25.5 Å². The maximum atomic E-state index is 11.3. The zero-order valence-electron chi connectivity index (χ0n) is 10.6. The average molecular weight is 325 g/mol. The zero-order valence-corrected chi connectivity index (χ0v) is 12.9. The van der Waals surface area contributed by atoms with Crippen molar-refractivity contribution in [1.82, 2.24) is 0 Å². The molecule has 1 aliphatic rings. The van der Waals surface area contributed by atoms with Gasteiger partial charge in [0.05, 0.1) is 10.8 Å². The first-order valence-corrected chi connectivity index (χ1v) is 8.68. The molecular weight excluding hydrogens is 311 g/mol. The molecule has 0 N–H and O–H groups in total. The van der Waals surface area contributed by atoms with Crippen molar-refractivity contribution in [2.24, 2.45) is 0 Å². The Morgan fingerprint density at radius 3 is 2.37 bits per heavy atom. The van der Waals surface area contributed by atoms with Gasteiger partial charge in [0.1, 0.15) is 13.2 Å². The van der Waals surface area contributed by atoms with E-state index in [1.54, 1.807) is 6.07 Å². The molecule has 0 fully saturated rings. The second-order valence-corrected chi connectivity index (χ2v) is 7.81. The minimum atomic E-state index is -3.66. The van der Waals surface area contributed by atoms with Gasteiger partial charge in [-0.25, -0.2) is 8.42 Å². The molecule has 1 aromatic rings. The first kappa shape index (κ1) is 14.8. The summed E-state index contributed by atoms with van der Waals surface area (Å²) in [6.07, 6.45) is 0. The fourth-order valence-electron chi connectivity index (χ4n) is 2.18. The van der Waals surface area contributed by atoms with Crippen LogP contribution in [-0.2, 0) is 14.8 Å². The molecule has 7 heteroatoms. The number of ether oxygens (including phenoxy) is 2. The molecule has 0 unspecified atom stereocenters. The Morgan fingerprint density at radius 1 is 1.26 bits per heavy atom. The van der Waals surface area contributed by atoms with Crippen molar-refractivity contribution in [2.75, 3.05) is 13.2 Å². The predicted molar refractivity (Wildman–Crippen MR) is 75.0 cm³/mol. The summed E-state index contributed by atoms with van der Waals surface area (Å²) in [7, 11) is 1.68. The fourth-order valence-corrected chi connectivity index (χ4v) is 3.41. The van der Waals surface area contributed by atoms with E-state index in [9.17, 15) is 8.42 Å². The third-order valence-corrected chi connectivity index (χ3v) is 4.06. The average Bonchev–Trinajstić information content (AvgIpc) is 2.26. The molecule has 0 aliphatic carbocycles. The van der Waals surface area contributed by atoms with Crippen molar-refractivity contribution >= 4 is 31.3 Å². The molecule has 0 radical (unpaired) electrons. The van der Waals surface area contributed by atoms with Crippen LogP contribution in [0, 0.1) is 0 Å². The standard InChI is InChI=1S/C12H14Cl2O4S/c1-7(2)10-8(6-19(14,15)16)5-9(13)11-12(10)18-4-3-17-11/h5,7H,3-4,6H2,1-2H3. The Labute approximate surface area is 122 Å². The lowest BCUT2D eigenvalue weighted by atomic mass is 9.96. The van der Waals surface area contributed by atoms with Crippen molar-refractivity contribution in [1.29, 1.82) is 0 Å². The minimum absolute atomic E-state index is 0.0705. The molecule has 4 nitrogen and oxygen atoms in total. The van der Waals surface area contributed by atoms with E-state index in [1.807, 2.05) is 13.8 Å². The van der Waals surface area contributed by atoms with Crippen LogP contribution in [0.2, 0.25) is 5.02 Å². The van der Waals surface area contributed by atoms with Crippen molar-refractivity contribution in [3.8, 4) is 11.5 Å². The van der Waals surface area contributed by atoms with Crippen LogP contribution in [0.15, 0.2) is 6.07 Å². The molecule has 106 valence electrons. The molecule has 0 bridgehead atoms. The van der Waals surface area contributed by atoms with E-state index in [0.717, 1.165) is 5.56 Å². The summed E-state index contributed by atoms with van der Waals surface area (Å²) in [6, 6.07) is 1.59. The van der Waals surface area contributed by atoms with Crippen LogP contribution in [0.1, 0.15) is 30.9 Å². The highest BCUT2D eigenvalue weighted by Gasteiger charge is 2.26. The lowest BCUT2D eigenvalue weighted by Gasteiger charge is -2.25. The Morgan fingerprint density at radius 2 is 1.84 bits per heavy atom. The summed E-state index contributed by atoms with van der Waals surface area (Å²) in [5.74, 6) is 0.802. The monoisotopic (exact) mass is 324 g/mol. The highest BCUT2D eigenvalue weighted by atomic mass is 35.7. The molecule has 1 aromatic carbocycles. The molecule has 0 aromatic heterocycles. The largest absolute Gasteiger partial charge is 0.486 e. The molecular formula is C12H14Cl2O4S.